The quantitative estimate of drug-likeness (QED) is 0.847. The highest BCUT2D eigenvalue weighted by molar-refractivity contribution is 7.09. The van der Waals surface area contributed by atoms with E-state index in [0.717, 1.165) is 25.3 Å². The van der Waals surface area contributed by atoms with E-state index in [4.69, 9.17) is 0 Å². The summed E-state index contributed by atoms with van der Waals surface area (Å²) in [5, 5.41) is 5.49. The third kappa shape index (κ3) is 4.05. The largest absolute Gasteiger partial charge is 0.357 e. The van der Waals surface area contributed by atoms with Crippen molar-refractivity contribution in [2.45, 2.75) is 32.9 Å². The van der Waals surface area contributed by atoms with Crippen molar-refractivity contribution in [3.63, 3.8) is 0 Å². The molecule has 2 rings (SSSR count). The van der Waals surface area contributed by atoms with Crippen LogP contribution in [0.3, 0.4) is 0 Å². The molecule has 0 aliphatic heterocycles. The molecule has 0 radical (unpaired) electrons. The second-order valence-electron chi connectivity index (χ2n) is 5.05. The van der Waals surface area contributed by atoms with Crippen molar-refractivity contribution in [3.05, 3.63) is 46.3 Å². The van der Waals surface area contributed by atoms with Crippen LogP contribution < -0.4 is 10.2 Å². The van der Waals surface area contributed by atoms with Gasteiger partial charge in [-0.1, -0.05) is 13.0 Å². The van der Waals surface area contributed by atoms with E-state index in [-0.39, 0.29) is 0 Å². The molecule has 0 spiro atoms. The van der Waals surface area contributed by atoms with E-state index < -0.39 is 0 Å². The monoisotopic (exact) mass is 289 g/mol. The fourth-order valence-electron chi connectivity index (χ4n) is 2.12. The smallest absolute Gasteiger partial charge is 0.128 e. The van der Waals surface area contributed by atoms with E-state index >= 15 is 0 Å². The fraction of sp³-hybridized carbons (Fsp3) is 0.438. The van der Waals surface area contributed by atoms with Crippen molar-refractivity contribution in [1.29, 1.82) is 0 Å². The van der Waals surface area contributed by atoms with E-state index in [1.807, 2.05) is 17.5 Å². The summed E-state index contributed by atoms with van der Waals surface area (Å²) >= 11 is 1.82. The van der Waals surface area contributed by atoms with Gasteiger partial charge in [0.15, 0.2) is 0 Å². The second kappa shape index (κ2) is 7.41. The molecular weight excluding hydrogens is 266 g/mol. The molecule has 2 heterocycles. The van der Waals surface area contributed by atoms with Crippen LogP contribution in [0.25, 0.3) is 0 Å². The lowest BCUT2D eigenvalue weighted by atomic mass is 10.1. The first-order valence-electron chi connectivity index (χ1n) is 7.11. The van der Waals surface area contributed by atoms with Gasteiger partial charge in [0.1, 0.15) is 5.82 Å². The van der Waals surface area contributed by atoms with Gasteiger partial charge in [0, 0.05) is 37.1 Å². The van der Waals surface area contributed by atoms with Gasteiger partial charge in [0.05, 0.1) is 0 Å². The maximum absolute atomic E-state index is 4.50. The maximum Gasteiger partial charge on any atom is 0.128 e. The molecule has 108 valence electrons. The Morgan fingerprint density at radius 2 is 2.25 bits per heavy atom. The molecule has 0 bridgehead atoms. The van der Waals surface area contributed by atoms with Crippen molar-refractivity contribution in [3.8, 4) is 0 Å². The lowest BCUT2D eigenvalue weighted by molar-refractivity contribution is 0.677. The first kappa shape index (κ1) is 15.0. The molecule has 3 nitrogen and oxygen atoms in total. The number of hydrogen-bond donors (Lipinski definition) is 1. The Morgan fingerprint density at radius 1 is 1.40 bits per heavy atom. The van der Waals surface area contributed by atoms with Gasteiger partial charge in [0.2, 0.25) is 0 Å². The normalized spacial score (nSPS) is 12.3. The zero-order valence-corrected chi connectivity index (χ0v) is 13.3. The van der Waals surface area contributed by atoms with Gasteiger partial charge in [-0.05, 0) is 42.6 Å². The minimum absolute atomic E-state index is 0.440. The number of pyridine rings is 1. The Balaban J connectivity index is 2.02. The van der Waals surface area contributed by atoms with Gasteiger partial charge in [-0.25, -0.2) is 4.98 Å². The number of rotatable bonds is 7. The molecule has 0 aromatic carbocycles. The number of likely N-dealkylation sites (N-methyl/N-ethyl adjacent to an activating group) is 1. The van der Waals surface area contributed by atoms with Crippen molar-refractivity contribution in [2.75, 3.05) is 18.5 Å². The maximum atomic E-state index is 4.50. The second-order valence-corrected chi connectivity index (χ2v) is 6.08. The van der Waals surface area contributed by atoms with Crippen LogP contribution in [0.4, 0.5) is 5.82 Å². The van der Waals surface area contributed by atoms with Crippen LogP contribution in [0.1, 0.15) is 24.3 Å². The molecule has 1 atom stereocenters. The van der Waals surface area contributed by atoms with Gasteiger partial charge < -0.3 is 10.2 Å². The number of anilines is 1. The van der Waals surface area contributed by atoms with Crippen LogP contribution in [0.15, 0.2) is 35.8 Å². The first-order chi connectivity index (χ1) is 9.70. The zero-order chi connectivity index (χ0) is 14.4. The summed E-state index contributed by atoms with van der Waals surface area (Å²) in [6.45, 7) is 6.26. The number of nitrogens with zero attached hydrogens (tertiary/aromatic N) is 2. The van der Waals surface area contributed by atoms with Crippen LogP contribution in [0, 0.1) is 0 Å². The topological polar surface area (TPSA) is 28.2 Å². The highest BCUT2D eigenvalue weighted by Crippen LogP contribution is 2.18. The van der Waals surface area contributed by atoms with Crippen molar-refractivity contribution < 1.29 is 0 Å². The van der Waals surface area contributed by atoms with Gasteiger partial charge in [-0.15, -0.1) is 11.3 Å². The number of nitrogens with one attached hydrogen (secondary N) is 1. The molecular formula is C16H23N3S. The Bertz CT molecular complexity index is 510. The molecule has 0 saturated carbocycles. The summed E-state index contributed by atoms with van der Waals surface area (Å²) < 4.78 is 0. The average molecular weight is 289 g/mol. The molecule has 20 heavy (non-hydrogen) atoms. The van der Waals surface area contributed by atoms with Crippen molar-refractivity contribution in [1.82, 2.24) is 10.3 Å². The molecule has 0 fully saturated rings. The Hall–Kier alpha value is -1.39. The molecule has 2 aromatic heterocycles. The van der Waals surface area contributed by atoms with Gasteiger partial charge in [-0.3, -0.25) is 0 Å². The molecule has 1 N–H and O–H groups in total. The van der Waals surface area contributed by atoms with Crippen LogP contribution >= 0.6 is 11.3 Å². The minimum atomic E-state index is 0.440. The average Bonchev–Trinajstić information content (AvgIpc) is 2.97. The van der Waals surface area contributed by atoms with E-state index in [2.05, 4.69) is 65.7 Å². The number of aromatic nitrogens is 1. The summed E-state index contributed by atoms with van der Waals surface area (Å²) in [5.41, 5.74) is 1.28. The first-order valence-corrected chi connectivity index (χ1v) is 7.99. The predicted molar refractivity (Wildman–Crippen MR) is 87.5 cm³/mol. The van der Waals surface area contributed by atoms with Crippen LogP contribution in [0.5, 0.6) is 0 Å². The Kier molecular flexibility index (Phi) is 5.56. The molecule has 0 aliphatic carbocycles. The number of hydrogen-bond acceptors (Lipinski definition) is 4. The molecule has 0 amide bonds. The van der Waals surface area contributed by atoms with Crippen LogP contribution in [0.2, 0.25) is 0 Å². The third-order valence-corrected chi connectivity index (χ3v) is 4.39. The molecule has 4 heteroatoms. The van der Waals surface area contributed by atoms with Gasteiger partial charge in [-0.2, -0.15) is 0 Å². The summed E-state index contributed by atoms with van der Waals surface area (Å²) in [5.74, 6) is 1.05. The van der Waals surface area contributed by atoms with Gasteiger partial charge >= 0.3 is 0 Å². The van der Waals surface area contributed by atoms with Crippen molar-refractivity contribution in [2.24, 2.45) is 0 Å². The molecule has 0 aliphatic rings. The molecule has 2 aromatic rings. The highest BCUT2D eigenvalue weighted by Gasteiger charge is 2.12. The fourth-order valence-corrected chi connectivity index (χ4v) is 2.94. The summed E-state index contributed by atoms with van der Waals surface area (Å²) in [4.78, 5) is 8.18. The van der Waals surface area contributed by atoms with Crippen LogP contribution in [-0.4, -0.2) is 24.6 Å². The lowest BCUT2D eigenvalue weighted by Crippen LogP contribution is -2.31. The van der Waals surface area contributed by atoms with E-state index in [1.165, 1.54) is 10.4 Å². The standard InChI is InChI=1S/C16H23N3S/c1-4-17-12-14-7-8-18-16(11-14)19(3)13(2)10-15-6-5-9-20-15/h5-9,11,13,17H,4,10,12H2,1-3H3. The third-order valence-electron chi connectivity index (χ3n) is 3.49. The number of thiophene rings is 1. The SMILES string of the molecule is CCNCc1ccnc(N(C)C(C)Cc2cccs2)c1. The van der Waals surface area contributed by atoms with Crippen molar-refractivity contribution >= 4 is 17.2 Å². The zero-order valence-electron chi connectivity index (χ0n) is 12.5. The van der Waals surface area contributed by atoms with E-state index in [1.54, 1.807) is 0 Å². The highest BCUT2D eigenvalue weighted by atomic mass is 32.1. The van der Waals surface area contributed by atoms with E-state index in [9.17, 15) is 0 Å². The molecule has 1 unspecified atom stereocenters. The minimum Gasteiger partial charge on any atom is -0.357 e. The van der Waals surface area contributed by atoms with Gasteiger partial charge in [0.25, 0.3) is 0 Å². The lowest BCUT2D eigenvalue weighted by Gasteiger charge is -2.26. The van der Waals surface area contributed by atoms with E-state index in [0.29, 0.717) is 6.04 Å². The Morgan fingerprint density at radius 3 is 2.95 bits per heavy atom. The predicted octanol–water partition coefficient (Wildman–Crippen LogP) is 3.32. The summed E-state index contributed by atoms with van der Waals surface area (Å²) in [6, 6.07) is 9.00. The summed E-state index contributed by atoms with van der Waals surface area (Å²) in [6.07, 6.45) is 2.96. The van der Waals surface area contributed by atoms with Crippen LogP contribution in [-0.2, 0) is 13.0 Å². The summed E-state index contributed by atoms with van der Waals surface area (Å²) in [7, 11) is 2.12. The Labute approximate surface area is 125 Å². The molecule has 0 saturated heterocycles.